The molecule has 10 heteroatoms. The Bertz CT molecular complexity index is 1250. The lowest BCUT2D eigenvalue weighted by molar-refractivity contribution is -0.136. The molecule has 0 aliphatic rings. The van der Waals surface area contributed by atoms with Gasteiger partial charge in [0.05, 0.1) is 11.1 Å². The van der Waals surface area contributed by atoms with Gasteiger partial charge in [0, 0.05) is 5.39 Å². The maximum absolute atomic E-state index is 13.6. The highest BCUT2D eigenvalue weighted by molar-refractivity contribution is 7.25. The largest absolute Gasteiger partial charge is 0.460 e. The number of furan rings is 1. The van der Waals surface area contributed by atoms with Gasteiger partial charge in [-0.1, -0.05) is 0 Å². The fraction of sp³-hybridized carbons (Fsp3) is 0.133. The van der Waals surface area contributed by atoms with Gasteiger partial charge in [-0.3, -0.25) is 9.78 Å². The number of alkyl halides is 3. The van der Waals surface area contributed by atoms with Crippen LogP contribution >= 0.6 is 11.3 Å². The van der Waals surface area contributed by atoms with Crippen molar-refractivity contribution in [1.82, 2.24) is 15.0 Å². The number of aryl methyl sites for hydroxylation is 1. The molecule has 2 N–H and O–H groups in total. The number of fused-ring (bicyclic) bond motifs is 3. The van der Waals surface area contributed by atoms with E-state index in [0.29, 0.717) is 5.76 Å². The third-order valence-electron chi connectivity index (χ3n) is 3.63. The van der Waals surface area contributed by atoms with Crippen LogP contribution in [0.25, 0.3) is 31.9 Å². The maximum Gasteiger partial charge on any atom is 0.417 e. The van der Waals surface area contributed by atoms with Crippen molar-refractivity contribution in [3.63, 3.8) is 0 Å². The summed E-state index contributed by atoms with van der Waals surface area (Å²) >= 11 is 0.776. The molecular formula is C15H8F3N3O3S. The van der Waals surface area contributed by atoms with E-state index >= 15 is 0 Å². The summed E-state index contributed by atoms with van der Waals surface area (Å²) in [6.07, 6.45) is -4.70. The first-order chi connectivity index (χ1) is 11.7. The Morgan fingerprint density at radius 1 is 1.20 bits per heavy atom. The average Bonchev–Trinajstić information content (AvgIpc) is 3.09. The third kappa shape index (κ3) is 2.45. The second-order valence-electron chi connectivity index (χ2n) is 5.36. The van der Waals surface area contributed by atoms with Crippen LogP contribution in [0.2, 0.25) is 0 Å². The average molecular weight is 367 g/mol. The van der Waals surface area contributed by atoms with E-state index in [1.165, 1.54) is 6.07 Å². The SMILES string of the molecule is Cc1ccc(-c2cc(C(F)(F)F)c3c(n2)sc2c(=O)[nH]c(=O)[nH]c23)o1. The highest BCUT2D eigenvalue weighted by Gasteiger charge is 2.35. The fourth-order valence-electron chi connectivity index (χ4n) is 2.60. The molecule has 0 fully saturated rings. The fourth-order valence-corrected chi connectivity index (χ4v) is 3.65. The van der Waals surface area contributed by atoms with Crippen LogP contribution in [0.4, 0.5) is 13.2 Å². The molecule has 0 amide bonds. The van der Waals surface area contributed by atoms with Crippen LogP contribution in [-0.4, -0.2) is 15.0 Å². The van der Waals surface area contributed by atoms with Gasteiger partial charge < -0.3 is 9.40 Å². The van der Waals surface area contributed by atoms with Gasteiger partial charge in [-0.2, -0.15) is 13.2 Å². The lowest BCUT2D eigenvalue weighted by atomic mass is 10.1. The number of aromatic amines is 2. The molecule has 0 aliphatic carbocycles. The third-order valence-corrected chi connectivity index (χ3v) is 4.71. The Balaban J connectivity index is 2.18. The molecule has 4 aromatic heterocycles. The molecule has 0 saturated heterocycles. The Hall–Kier alpha value is -2.88. The molecule has 0 atom stereocenters. The first kappa shape index (κ1) is 15.6. The van der Waals surface area contributed by atoms with Gasteiger partial charge in [0.25, 0.3) is 5.56 Å². The van der Waals surface area contributed by atoms with Crippen LogP contribution in [0.1, 0.15) is 11.3 Å². The molecule has 0 bridgehead atoms. The van der Waals surface area contributed by atoms with E-state index in [2.05, 4.69) is 9.97 Å². The number of hydrogen-bond acceptors (Lipinski definition) is 5. The molecule has 128 valence electrons. The van der Waals surface area contributed by atoms with Gasteiger partial charge in [0.15, 0.2) is 5.76 Å². The minimum absolute atomic E-state index is 0.00161. The van der Waals surface area contributed by atoms with Crippen molar-refractivity contribution in [2.45, 2.75) is 13.1 Å². The van der Waals surface area contributed by atoms with Crippen LogP contribution in [0.15, 0.2) is 32.2 Å². The van der Waals surface area contributed by atoms with Gasteiger partial charge in [-0.25, -0.2) is 9.78 Å². The second kappa shape index (κ2) is 5.06. The van der Waals surface area contributed by atoms with Gasteiger partial charge in [-0.15, -0.1) is 11.3 Å². The zero-order chi connectivity index (χ0) is 17.9. The van der Waals surface area contributed by atoms with E-state index in [9.17, 15) is 22.8 Å². The van der Waals surface area contributed by atoms with Crippen LogP contribution < -0.4 is 11.2 Å². The number of hydrogen-bond donors (Lipinski definition) is 2. The molecular weight excluding hydrogens is 359 g/mol. The van der Waals surface area contributed by atoms with Crippen molar-refractivity contribution >= 4 is 31.8 Å². The summed E-state index contributed by atoms with van der Waals surface area (Å²) in [6.45, 7) is 1.66. The monoisotopic (exact) mass is 367 g/mol. The van der Waals surface area contributed by atoms with E-state index in [1.807, 2.05) is 4.98 Å². The molecule has 4 aromatic rings. The highest BCUT2D eigenvalue weighted by Crippen LogP contribution is 2.41. The van der Waals surface area contributed by atoms with Gasteiger partial charge >= 0.3 is 11.9 Å². The van der Waals surface area contributed by atoms with Crippen LogP contribution in [0.5, 0.6) is 0 Å². The molecule has 0 radical (unpaired) electrons. The van der Waals surface area contributed by atoms with Gasteiger partial charge in [0.1, 0.15) is 21.0 Å². The summed E-state index contributed by atoms with van der Waals surface area (Å²) in [5.74, 6) is 0.715. The van der Waals surface area contributed by atoms with Crippen molar-refractivity contribution in [3.8, 4) is 11.5 Å². The Morgan fingerprint density at radius 2 is 1.96 bits per heavy atom. The Kier molecular flexibility index (Phi) is 3.16. The zero-order valence-electron chi connectivity index (χ0n) is 12.4. The summed E-state index contributed by atoms with van der Waals surface area (Å²) in [4.78, 5) is 31.8. The first-order valence-corrected chi connectivity index (χ1v) is 7.79. The quantitative estimate of drug-likeness (QED) is 0.539. The predicted molar refractivity (Wildman–Crippen MR) is 85.8 cm³/mol. The van der Waals surface area contributed by atoms with Crippen molar-refractivity contribution in [3.05, 3.63) is 50.4 Å². The summed E-state index contributed by atoms with van der Waals surface area (Å²) in [6, 6.07) is 3.99. The smallest absolute Gasteiger partial charge is 0.417 e. The lowest BCUT2D eigenvalue weighted by Gasteiger charge is -2.09. The molecule has 4 heterocycles. The summed E-state index contributed by atoms with van der Waals surface area (Å²) < 4.78 is 46.1. The Morgan fingerprint density at radius 3 is 2.60 bits per heavy atom. The second-order valence-corrected chi connectivity index (χ2v) is 6.36. The predicted octanol–water partition coefficient (Wildman–Crippen LogP) is 3.41. The van der Waals surface area contributed by atoms with Crippen molar-refractivity contribution in [1.29, 1.82) is 0 Å². The number of pyridine rings is 1. The standard InChI is InChI=1S/C15H8F3N3O3S/c1-5-2-3-8(24-5)7-4-6(15(16,17)18)9-10-11(25-13(9)19-7)12(22)21-14(23)20-10/h2-4H,1H3,(H2,20,21,22,23). The number of rotatable bonds is 1. The summed E-state index contributed by atoms with van der Waals surface area (Å²) in [5.41, 5.74) is -2.80. The van der Waals surface area contributed by atoms with E-state index in [-0.39, 0.29) is 31.9 Å². The minimum atomic E-state index is -4.70. The van der Waals surface area contributed by atoms with Gasteiger partial charge in [0.2, 0.25) is 0 Å². The Labute approximate surface area is 139 Å². The number of nitrogens with zero attached hydrogens (tertiary/aromatic N) is 1. The van der Waals surface area contributed by atoms with E-state index in [0.717, 1.165) is 17.4 Å². The highest BCUT2D eigenvalue weighted by atomic mass is 32.1. The van der Waals surface area contributed by atoms with E-state index in [1.54, 1.807) is 13.0 Å². The topological polar surface area (TPSA) is 91.8 Å². The zero-order valence-corrected chi connectivity index (χ0v) is 13.3. The molecule has 25 heavy (non-hydrogen) atoms. The number of thiophene rings is 1. The molecule has 0 aliphatic heterocycles. The van der Waals surface area contributed by atoms with Crippen LogP contribution in [-0.2, 0) is 6.18 Å². The molecule has 0 aromatic carbocycles. The number of nitrogens with one attached hydrogen (secondary N) is 2. The van der Waals surface area contributed by atoms with E-state index in [4.69, 9.17) is 4.42 Å². The number of halogens is 3. The molecule has 0 saturated carbocycles. The van der Waals surface area contributed by atoms with Gasteiger partial charge in [-0.05, 0) is 25.1 Å². The molecule has 6 nitrogen and oxygen atoms in total. The molecule has 0 unspecified atom stereocenters. The normalized spacial score (nSPS) is 12.3. The number of H-pyrrole nitrogens is 2. The number of aromatic nitrogens is 3. The van der Waals surface area contributed by atoms with E-state index < -0.39 is 23.0 Å². The van der Waals surface area contributed by atoms with Crippen molar-refractivity contribution in [2.75, 3.05) is 0 Å². The summed E-state index contributed by atoms with van der Waals surface area (Å²) in [7, 11) is 0. The van der Waals surface area contributed by atoms with Crippen molar-refractivity contribution < 1.29 is 17.6 Å². The maximum atomic E-state index is 13.6. The molecule has 0 spiro atoms. The summed E-state index contributed by atoms with van der Waals surface area (Å²) in [5, 5.41) is -0.303. The molecule has 4 rings (SSSR count). The van der Waals surface area contributed by atoms with Crippen LogP contribution in [0, 0.1) is 6.92 Å². The van der Waals surface area contributed by atoms with Crippen LogP contribution in [0.3, 0.4) is 0 Å². The lowest BCUT2D eigenvalue weighted by Crippen LogP contribution is -2.20. The van der Waals surface area contributed by atoms with Crippen molar-refractivity contribution in [2.24, 2.45) is 0 Å². The minimum Gasteiger partial charge on any atom is -0.460 e. The first-order valence-electron chi connectivity index (χ1n) is 6.98.